The fourth-order valence-corrected chi connectivity index (χ4v) is 3.25. The minimum absolute atomic E-state index is 0.106. The van der Waals surface area contributed by atoms with Gasteiger partial charge in [0.15, 0.2) is 0 Å². The van der Waals surface area contributed by atoms with E-state index in [2.05, 4.69) is 29.9 Å². The zero-order valence-electron chi connectivity index (χ0n) is 15.5. The van der Waals surface area contributed by atoms with E-state index in [1.807, 2.05) is 38.1 Å². The van der Waals surface area contributed by atoms with Gasteiger partial charge in [-0.05, 0) is 32.9 Å². The molecule has 0 saturated heterocycles. The molecule has 0 radical (unpaired) electrons. The quantitative estimate of drug-likeness (QED) is 0.571. The van der Waals surface area contributed by atoms with E-state index in [1.165, 1.54) is 0 Å². The van der Waals surface area contributed by atoms with Crippen LogP contribution in [0.1, 0.15) is 37.2 Å². The maximum absolute atomic E-state index is 13.0. The van der Waals surface area contributed by atoms with Crippen molar-refractivity contribution in [3.8, 4) is 0 Å². The molecule has 0 aliphatic rings. The van der Waals surface area contributed by atoms with Crippen LogP contribution in [-0.4, -0.2) is 29.1 Å². The number of alkyl halides is 3. The molecule has 3 aromatic heterocycles. The summed E-state index contributed by atoms with van der Waals surface area (Å²) in [5.41, 5.74) is 2.40. The minimum Gasteiger partial charge on any atom is -0.360 e. The fourth-order valence-electron chi connectivity index (χ4n) is 3.25. The third-order valence-electron chi connectivity index (χ3n) is 4.45. The number of fused-ring (bicyclic) bond motifs is 2. The summed E-state index contributed by atoms with van der Waals surface area (Å²) >= 11 is 0. The molecule has 0 aliphatic heterocycles. The van der Waals surface area contributed by atoms with E-state index < -0.39 is 12.0 Å². The number of nitrogens with one attached hydrogen (secondary N) is 1. The summed E-state index contributed by atoms with van der Waals surface area (Å²) in [6.45, 7) is 6.33. The van der Waals surface area contributed by atoms with Crippen molar-refractivity contribution < 1.29 is 13.2 Å². The van der Waals surface area contributed by atoms with Crippen molar-refractivity contribution in [3.05, 3.63) is 47.7 Å². The molecule has 0 spiro atoms. The topological polar surface area (TPSA) is 72.9 Å². The van der Waals surface area contributed by atoms with Crippen molar-refractivity contribution in [2.75, 3.05) is 5.32 Å². The van der Waals surface area contributed by atoms with E-state index in [9.17, 15) is 13.2 Å². The summed E-state index contributed by atoms with van der Waals surface area (Å²) in [5, 5.41) is 6.80. The Morgan fingerprint density at radius 1 is 1.14 bits per heavy atom. The lowest BCUT2D eigenvalue weighted by Gasteiger charge is -2.17. The van der Waals surface area contributed by atoms with Crippen molar-refractivity contribution in [2.24, 2.45) is 0 Å². The molecule has 0 aliphatic carbocycles. The zero-order chi connectivity index (χ0) is 20.1. The Morgan fingerprint density at radius 3 is 2.61 bits per heavy atom. The van der Waals surface area contributed by atoms with Crippen molar-refractivity contribution in [2.45, 2.75) is 39.5 Å². The SMILES string of the molecule is CCn1c(C(C)Nc2cc(C)nc3nc(C(F)(F)F)nn23)nc2ccccc21. The number of aromatic nitrogens is 6. The predicted octanol–water partition coefficient (Wildman–Crippen LogP) is 3.99. The van der Waals surface area contributed by atoms with E-state index in [1.54, 1.807) is 13.0 Å². The molecule has 7 nitrogen and oxygen atoms in total. The van der Waals surface area contributed by atoms with E-state index >= 15 is 0 Å². The molecule has 0 fully saturated rings. The number of benzene rings is 1. The minimum atomic E-state index is -4.64. The Balaban J connectivity index is 1.77. The van der Waals surface area contributed by atoms with Crippen LogP contribution in [-0.2, 0) is 12.7 Å². The second-order valence-electron chi connectivity index (χ2n) is 6.50. The molecule has 0 amide bonds. The first-order chi connectivity index (χ1) is 13.3. The van der Waals surface area contributed by atoms with Crippen LogP contribution in [0.4, 0.5) is 19.0 Å². The van der Waals surface area contributed by atoms with Gasteiger partial charge in [-0.25, -0.2) is 9.97 Å². The normalized spacial score (nSPS) is 13.4. The monoisotopic (exact) mass is 389 g/mol. The average molecular weight is 389 g/mol. The largest absolute Gasteiger partial charge is 0.453 e. The molecule has 10 heteroatoms. The molecule has 0 bridgehead atoms. The Morgan fingerprint density at radius 2 is 1.89 bits per heavy atom. The highest BCUT2D eigenvalue weighted by Gasteiger charge is 2.37. The molecule has 1 aromatic carbocycles. The van der Waals surface area contributed by atoms with Gasteiger partial charge >= 0.3 is 6.18 Å². The van der Waals surface area contributed by atoms with E-state index in [-0.39, 0.29) is 11.8 Å². The summed E-state index contributed by atoms with van der Waals surface area (Å²) in [7, 11) is 0. The third-order valence-corrected chi connectivity index (χ3v) is 4.45. The number of para-hydroxylation sites is 2. The number of rotatable bonds is 4. The summed E-state index contributed by atoms with van der Waals surface area (Å²) in [6.07, 6.45) is -4.64. The van der Waals surface area contributed by atoms with Gasteiger partial charge in [-0.15, -0.1) is 5.10 Å². The van der Waals surface area contributed by atoms with Gasteiger partial charge in [-0.1, -0.05) is 12.1 Å². The molecule has 3 heterocycles. The summed E-state index contributed by atoms with van der Waals surface area (Å²) < 4.78 is 42.2. The van der Waals surface area contributed by atoms with Gasteiger partial charge in [-0.3, -0.25) is 0 Å². The zero-order valence-corrected chi connectivity index (χ0v) is 15.5. The average Bonchev–Trinajstić information content (AvgIpc) is 3.22. The molecular formula is C18H18F3N7. The van der Waals surface area contributed by atoms with Gasteiger partial charge in [-0.2, -0.15) is 22.7 Å². The molecule has 1 atom stereocenters. The van der Waals surface area contributed by atoms with Crippen LogP contribution < -0.4 is 5.32 Å². The maximum atomic E-state index is 13.0. The second-order valence-corrected chi connectivity index (χ2v) is 6.50. The Labute approximate surface area is 158 Å². The molecule has 0 saturated carbocycles. The first-order valence-corrected chi connectivity index (χ1v) is 8.81. The van der Waals surface area contributed by atoms with Crippen molar-refractivity contribution in [1.29, 1.82) is 0 Å². The number of anilines is 1. The highest BCUT2D eigenvalue weighted by molar-refractivity contribution is 5.76. The molecule has 1 N–H and O–H groups in total. The fraction of sp³-hybridized carbons (Fsp3) is 0.333. The summed E-state index contributed by atoms with van der Waals surface area (Å²) in [5.74, 6) is -0.177. The van der Waals surface area contributed by atoms with Gasteiger partial charge in [0.2, 0.25) is 0 Å². The Bertz CT molecular complexity index is 1160. The van der Waals surface area contributed by atoms with Gasteiger partial charge in [0, 0.05) is 18.3 Å². The molecule has 28 heavy (non-hydrogen) atoms. The van der Waals surface area contributed by atoms with E-state index in [4.69, 9.17) is 0 Å². The van der Waals surface area contributed by atoms with Gasteiger partial charge < -0.3 is 9.88 Å². The highest BCUT2D eigenvalue weighted by atomic mass is 19.4. The van der Waals surface area contributed by atoms with Crippen LogP contribution in [0.25, 0.3) is 16.8 Å². The van der Waals surface area contributed by atoms with Crippen LogP contribution in [0.2, 0.25) is 0 Å². The molecule has 1 unspecified atom stereocenters. The van der Waals surface area contributed by atoms with Crippen LogP contribution in [0.3, 0.4) is 0 Å². The number of aryl methyl sites for hydroxylation is 2. The first kappa shape index (κ1) is 18.2. The van der Waals surface area contributed by atoms with Crippen molar-refractivity contribution in [3.63, 3.8) is 0 Å². The number of hydrogen-bond acceptors (Lipinski definition) is 5. The predicted molar refractivity (Wildman–Crippen MR) is 98.0 cm³/mol. The molecule has 4 rings (SSSR count). The maximum Gasteiger partial charge on any atom is 0.453 e. The molecule has 4 aromatic rings. The van der Waals surface area contributed by atoms with Crippen LogP contribution in [0.15, 0.2) is 30.3 Å². The van der Waals surface area contributed by atoms with E-state index in [0.717, 1.165) is 21.4 Å². The van der Waals surface area contributed by atoms with Crippen LogP contribution in [0, 0.1) is 6.92 Å². The molecular weight excluding hydrogens is 371 g/mol. The number of nitrogens with zero attached hydrogens (tertiary/aromatic N) is 6. The van der Waals surface area contributed by atoms with E-state index in [0.29, 0.717) is 18.1 Å². The van der Waals surface area contributed by atoms with Gasteiger partial charge in [0.1, 0.15) is 11.6 Å². The number of hydrogen-bond donors (Lipinski definition) is 1. The first-order valence-electron chi connectivity index (χ1n) is 8.81. The van der Waals surface area contributed by atoms with Crippen molar-refractivity contribution in [1.82, 2.24) is 29.1 Å². The molecule has 146 valence electrons. The summed E-state index contributed by atoms with van der Waals surface area (Å²) in [4.78, 5) is 12.2. The van der Waals surface area contributed by atoms with Crippen LogP contribution in [0.5, 0.6) is 0 Å². The van der Waals surface area contributed by atoms with Gasteiger partial charge in [0.25, 0.3) is 11.6 Å². The lowest BCUT2D eigenvalue weighted by molar-refractivity contribution is -0.144. The summed E-state index contributed by atoms with van der Waals surface area (Å²) in [6, 6.07) is 9.14. The number of halogens is 3. The van der Waals surface area contributed by atoms with Gasteiger partial charge in [0.05, 0.1) is 17.1 Å². The Hall–Kier alpha value is -3.17. The Kier molecular flexibility index (Phi) is 4.20. The highest BCUT2D eigenvalue weighted by Crippen LogP contribution is 2.28. The second kappa shape index (κ2) is 6.47. The van der Waals surface area contributed by atoms with Crippen molar-refractivity contribution >= 4 is 22.6 Å². The third kappa shape index (κ3) is 3.04. The van der Waals surface area contributed by atoms with Crippen LogP contribution >= 0.6 is 0 Å². The lowest BCUT2D eigenvalue weighted by atomic mass is 10.3. The lowest BCUT2D eigenvalue weighted by Crippen LogP contribution is -2.16. The standard InChI is InChI=1S/C18H18F3N7/c1-4-27-13-8-6-5-7-12(13)24-15(27)11(3)23-14-9-10(2)22-17-25-16(18(19,20)21)26-28(14)17/h5-9,11,23H,4H2,1-3H3. The number of imidazole rings is 1. The smallest absolute Gasteiger partial charge is 0.360 e.